The van der Waals surface area contributed by atoms with Crippen LogP contribution in [0.1, 0.15) is 48.6 Å². The molecule has 2 aliphatic heterocycles. The zero-order valence-corrected chi connectivity index (χ0v) is 16.5. The summed E-state index contributed by atoms with van der Waals surface area (Å²) >= 11 is 1.75. The van der Waals surface area contributed by atoms with Gasteiger partial charge in [-0.2, -0.15) is 0 Å². The van der Waals surface area contributed by atoms with Gasteiger partial charge in [-0.1, -0.05) is 12.5 Å². The third-order valence-electron chi connectivity index (χ3n) is 5.12. The molecule has 0 atom stereocenters. The van der Waals surface area contributed by atoms with Gasteiger partial charge in [-0.3, -0.25) is 4.79 Å². The van der Waals surface area contributed by atoms with Gasteiger partial charge >= 0.3 is 5.97 Å². The first kappa shape index (κ1) is 18.3. The monoisotopic (exact) mass is 383 g/mol. The highest BCUT2D eigenvalue weighted by Gasteiger charge is 2.21. The van der Waals surface area contributed by atoms with E-state index >= 15 is 0 Å². The Morgan fingerprint density at radius 3 is 2.93 bits per heavy atom. The van der Waals surface area contributed by atoms with E-state index in [-0.39, 0.29) is 5.97 Å². The van der Waals surface area contributed by atoms with Gasteiger partial charge in [0.15, 0.2) is 0 Å². The number of hydrogen-bond acceptors (Lipinski definition) is 5. The van der Waals surface area contributed by atoms with Gasteiger partial charge in [0.05, 0.1) is 0 Å². The van der Waals surface area contributed by atoms with E-state index < -0.39 is 0 Å². The van der Waals surface area contributed by atoms with Crippen molar-refractivity contribution in [2.75, 3.05) is 19.6 Å². The highest BCUT2D eigenvalue weighted by molar-refractivity contribution is 7.11. The molecule has 2 aliphatic rings. The summed E-state index contributed by atoms with van der Waals surface area (Å²) in [6.07, 6.45) is 7.32. The van der Waals surface area contributed by atoms with Crippen molar-refractivity contribution in [3.63, 3.8) is 0 Å². The lowest BCUT2D eigenvalue weighted by molar-refractivity contribution is -0.131. The molecule has 27 heavy (non-hydrogen) atoms. The number of nitrogens with zero attached hydrogens (tertiary/aromatic N) is 1. The first-order valence-corrected chi connectivity index (χ1v) is 10.5. The van der Waals surface area contributed by atoms with Crippen LogP contribution in [0.4, 0.5) is 0 Å². The fraction of sp³-hybridized carbons (Fsp3) is 0.409. The highest BCUT2D eigenvalue weighted by atomic mass is 32.1. The summed E-state index contributed by atoms with van der Waals surface area (Å²) in [5.41, 5.74) is 3.42. The molecule has 1 aromatic heterocycles. The van der Waals surface area contributed by atoms with Gasteiger partial charge in [0.2, 0.25) is 0 Å². The number of esters is 1. The number of fused-ring (bicyclic) bond motifs is 2. The summed E-state index contributed by atoms with van der Waals surface area (Å²) in [6.45, 7) is 5.51. The summed E-state index contributed by atoms with van der Waals surface area (Å²) in [4.78, 5) is 15.2. The number of benzene rings is 1. The fourth-order valence-electron chi connectivity index (χ4n) is 3.82. The molecule has 1 fully saturated rings. The van der Waals surface area contributed by atoms with E-state index in [2.05, 4.69) is 22.4 Å². The van der Waals surface area contributed by atoms with Crippen molar-refractivity contribution in [1.82, 2.24) is 4.90 Å². The van der Waals surface area contributed by atoms with Gasteiger partial charge < -0.3 is 14.4 Å². The smallest absolute Gasteiger partial charge is 0.308 e. The number of thiophene rings is 1. The Balaban J connectivity index is 1.64. The minimum atomic E-state index is -0.308. The Kier molecular flexibility index (Phi) is 5.60. The normalized spacial score (nSPS) is 18.3. The maximum absolute atomic E-state index is 11.4. The van der Waals surface area contributed by atoms with E-state index in [1.165, 1.54) is 55.3 Å². The van der Waals surface area contributed by atoms with Crippen molar-refractivity contribution in [2.45, 2.75) is 39.2 Å². The number of rotatable bonds is 4. The summed E-state index contributed by atoms with van der Waals surface area (Å²) in [5.74, 6) is 1.10. The predicted molar refractivity (Wildman–Crippen MR) is 108 cm³/mol. The molecular weight excluding hydrogens is 358 g/mol. The van der Waals surface area contributed by atoms with E-state index in [0.29, 0.717) is 12.4 Å². The molecule has 4 nitrogen and oxygen atoms in total. The summed E-state index contributed by atoms with van der Waals surface area (Å²) in [7, 11) is 0. The quantitative estimate of drug-likeness (QED) is 0.557. The zero-order chi connectivity index (χ0) is 18.6. The third-order valence-corrected chi connectivity index (χ3v) is 6.11. The molecule has 142 valence electrons. The van der Waals surface area contributed by atoms with E-state index in [9.17, 15) is 4.79 Å². The van der Waals surface area contributed by atoms with Gasteiger partial charge in [0.1, 0.15) is 18.1 Å². The van der Waals surface area contributed by atoms with Gasteiger partial charge in [-0.25, -0.2) is 0 Å². The number of ether oxygens (including phenoxy) is 2. The molecular formula is C22H25NO3S. The highest BCUT2D eigenvalue weighted by Crippen LogP contribution is 2.41. The van der Waals surface area contributed by atoms with Crippen LogP contribution in [0.3, 0.4) is 0 Å². The molecule has 0 amide bonds. The van der Waals surface area contributed by atoms with E-state index in [1.807, 2.05) is 12.1 Å². The average Bonchev–Trinajstić information content (AvgIpc) is 3.08. The zero-order valence-electron chi connectivity index (χ0n) is 15.7. The van der Waals surface area contributed by atoms with Crippen LogP contribution in [0, 0.1) is 0 Å². The summed E-state index contributed by atoms with van der Waals surface area (Å²) < 4.78 is 11.3. The average molecular weight is 384 g/mol. The molecule has 3 heterocycles. The van der Waals surface area contributed by atoms with Gasteiger partial charge in [0, 0.05) is 29.5 Å². The lowest BCUT2D eigenvalue weighted by atomic mass is 10.00. The van der Waals surface area contributed by atoms with Gasteiger partial charge in [-0.05, 0) is 67.6 Å². The number of hydrogen-bond donors (Lipinski definition) is 0. The molecule has 1 aromatic carbocycles. The molecule has 0 bridgehead atoms. The molecule has 0 saturated carbocycles. The standard InChI is InChI=1S/C22H25NO3S/c1-16(24)26-18-7-8-21-20(14-18)19(22-17(15-25-21)9-13-27-22)6-5-12-23-10-3-2-4-11-23/h6-9,13-14H,2-5,10-12,15H2,1H3/b19-6-. The Bertz CT molecular complexity index is 849. The van der Waals surface area contributed by atoms with Gasteiger partial charge in [0.25, 0.3) is 0 Å². The summed E-state index contributed by atoms with van der Waals surface area (Å²) in [5, 5.41) is 2.12. The van der Waals surface area contributed by atoms with Crippen LogP contribution in [-0.4, -0.2) is 30.5 Å². The Hall–Kier alpha value is -2.11. The Morgan fingerprint density at radius 1 is 1.26 bits per heavy atom. The minimum Gasteiger partial charge on any atom is -0.488 e. The van der Waals surface area contributed by atoms with Crippen LogP contribution in [0.2, 0.25) is 0 Å². The largest absolute Gasteiger partial charge is 0.488 e. The maximum atomic E-state index is 11.4. The topological polar surface area (TPSA) is 38.8 Å². The van der Waals surface area contributed by atoms with Crippen LogP contribution in [0.25, 0.3) is 5.57 Å². The van der Waals surface area contributed by atoms with E-state index in [4.69, 9.17) is 9.47 Å². The molecule has 2 aromatic rings. The lowest BCUT2D eigenvalue weighted by Gasteiger charge is -2.25. The van der Waals surface area contributed by atoms with Crippen molar-refractivity contribution in [3.05, 3.63) is 51.7 Å². The predicted octanol–water partition coefficient (Wildman–Crippen LogP) is 4.87. The van der Waals surface area contributed by atoms with Gasteiger partial charge in [-0.15, -0.1) is 11.3 Å². The van der Waals surface area contributed by atoms with Crippen molar-refractivity contribution in [1.29, 1.82) is 0 Å². The summed E-state index contributed by atoms with van der Waals surface area (Å²) in [6, 6.07) is 7.77. The molecule has 0 N–H and O–H groups in total. The molecule has 0 spiro atoms. The second kappa shape index (κ2) is 8.28. The number of likely N-dealkylation sites (tertiary alicyclic amines) is 1. The Labute approximate surface area is 164 Å². The van der Waals surface area contributed by atoms with Crippen LogP contribution >= 0.6 is 11.3 Å². The van der Waals surface area contributed by atoms with Crippen molar-refractivity contribution in [3.8, 4) is 11.5 Å². The molecule has 0 radical (unpaired) electrons. The van der Waals surface area contributed by atoms with E-state index in [0.717, 1.165) is 24.3 Å². The fourth-order valence-corrected chi connectivity index (χ4v) is 4.78. The second-order valence-corrected chi connectivity index (χ2v) is 8.04. The van der Waals surface area contributed by atoms with Crippen LogP contribution < -0.4 is 9.47 Å². The minimum absolute atomic E-state index is 0.308. The molecule has 0 aliphatic carbocycles. The number of carbonyl (C=O) groups is 1. The number of piperidine rings is 1. The molecule has 1 saturated heterocycles. The Morgan fingerprint density at radius 2 is 2.11 bits per heavy atom. The first-order valence-electron chi connectivity index (χ1n) is 9.65. The van der Waals surface area contributed by atoms with Crippen LogP contribution in [0.5, 0.6) is 11.5 Å². The van der Waals surface area contributed by atoms with Crippen molar-refractivity contribution >= 4 is 22.9 Å². The van der Waals surface area contributed by atoms with E-state index in [1.54, 1.807) is 17.4 Å². The molecule has 4 rings (SSSR count). The SMILES string of the molecule is CC(=O)Oc1ccc2c(c1)/C(=C/CCN1CCCCC1)c1sccc1CO2. The second-order valence-electron chi connectivity index (χ2n) is 7.12. The number of carbonyl (C=O) groups excluding carboxylic acids is 1. The van der Waals surface area contributed by atoms with Crippen molar-refractivity contribution < 1.29 is 14.3 Å². The third kappa shape index (κ3) is 4.25. The molecule has 5 heteroatoms. The maximum Gasteiger partial charge on any atom is 0.308 e. The molecule has 0 unspecified atom stereocenters. The van der Waals surface area contributed by atoms with Crippen LogP contribution in [-0.2, 0) is 11.4 Å². The first-order chi connectivity index (χ1) is 13.2. The van der Waals surface area contributed by atoms with Crippen molar-refractivity contribution in [2.24, 2.45) is 0 Å². The lowest BCUT2D eigenvalue weighted by Crippen LogP contribution is -2.30. The van der Waals surface area contributed by atoms with Crippen LogP contribution in [0.15, 0.2) is 35.7 Å².